The number of nitrogens with two attached hydrogens (primary N) is 1. The van der Waals surface area contributed by atoms with Crippen LogP contribution in [0, 0.1) is 23.7 Å². The summed E-state index contributed by atoms with van der Waals surface area (Å²) in [5.74, 6) is 2.39. The molecular weight excluding hydrogens is 1200 g/mol. The number of rotatable bonds is 16. The Bertz CT molecular complexity index is 3970. The van der Waals surface area contributed by atoms with E-state index in [-0.39, 0.29) is 99.3 Å². The van der Waals surface area contributed by atoms with E-state index in [1.54, 1.807) is 73.2 Å². The SMILES string of the molecule is NC1C2CCC1CC(OCc1c(-c3ccccc3OC(F)(F)F)noc1C1CC1)C2.O=S(=O)(Cl)c1cccc2cnccc12.O=S(=O)(NC1C2CCC1CC(OCc1c(-c3ccccc3OC(F)(F)F)noc1C1CC1)C2)c1cccc2cnccc12. The lowest BCUT2D eigenvalue weighted by atomic mass is 9.83. The molecule has 3 N–H and O–H groups in total. The Hall–Kier alpha value is -6.67. The van der Waals surface area contributed by atoms with Crippen molar-refractivity contribution in [2.45, 2.75) is 149 Å². The van der Waals surface area contributed by atoms with Crippen LogP contribution in [0.4, 0.5) is 26.3 Å². The van der Waals surface area contributed by atoms with E-state index in [0.717, 1.165) is 86.3 Å². The molecule has 25 heteroatoms. The molecule has 6 aliphatic rings. The van der Waals surface area contributed by atoms with Crippen molar-refractivity contribution in [3.05, 3.63) is 144 Å². The quantitative estimate of drug-likeness (QED) is 0.0678. The minimum atomic E-state index is -4.85. The third-order valence-corrected chi connectivity index (χ3v) is 20.4. The molecule has 4 heterocycles. The molecule has 6 saturated carbocycles. The fourth-order valence-electron chi connectivity index (χ4n) is 13.2. The van der Waals surface area contributed by atoms with Gasteiger partial charge in [-0.2, -0.15) is 0 Å². The van der Waals surface area contributed by atoms with Gasteiger partial charge in [0.2, 0.25) is 10.0 Å². The molecule has 6 aliphatic carbocycles. The van der Waals surface area contributed by atoms with Crippen LogP contribution >= 0.6 is 10.7 Å². The summed E-state index contributed by atoms with van der Waals surface area (Å²) < 4.78 is 163. The van der Waals surface area contributed by atoms with E-state index in [1.807, 2.05) is 6.07 Å². The number of sulfonamides is 1. The minimum absolute atomic E-state index is 0.110. The molecule has 0 spiro atoms. The van der Waals surface area contributed by atoms with Crippen molar-refractivity contribution < 1.29 is 71.2 Å². The van der Waals surface area contributed by atoms with Gasteiger partial charge in [-0.25, -0.2) is 21.6 Å². The van der Waals surface area contributed by atoms with Crippen LogP contribution in [0.15, 0.2) is 141 Å². The molecule has 0 amide bonds. The van der Waals surface area contributed by atoms with Crippen LogP contribution in [0.2, 0.25) is 0 Å². The molecule has 4 bridgehead atoms. The maximum Gasteiger partial charge on any atom is 0.573 e. The van der Waals surface area contributed by atoms with Crippen LogP contribution in [0.3, 0.4) is 0 Å². The fourth-order valence-corrected chi connectivity index (χ4v) is 15.9. The van der Waals surface area contributed by atoms with E-state index in [9.17, 15) is 43.2 Å². The highest BCUT2D eigenvalue weighted by atomic mass is 35.7. The summed E-state index contributed by atoms with van der Waals surface area (Å²) >= 11 is 0. The van der Waals surface area contributed by atoms with Gasteiger partial charge in [-0.05, 0) is 149 Å². The predicted octanol–water partition coefficient (Wildman–Crippen LogP) is 14.0. The Kier molecular flexibility index (Phi) is 17.2. The average molecular weight is 1260 g/mol. The molecule has 14 rings (SSSR count). The molecule has 0 saturated heterocycles. The molecule has 8 aromatic rings. The fraction of sp³-hybridized carbons (Fsp3) is 0.419. The maximum atomic E-state index is 13.5. The van der Waals surface area contributed by atoms with Crippen LogP contribution in [-0.4, -0.2) is 74.1 Å². The number of fused-ring (bicyclic) bond motifs is 6. The lowest BCUT2D eigenvalue weighted by molar-refractivity contribution is -0.275. The van der Waals surface area contributed by atoms with E-state index in [1.165, 1.54) is 42.6 Å². The van der Waals surface area contributed by atoms with E-state index < -0.39 is 31.8 Å². The van der Waals surface area contributed by atoms with Gasteiger partial charge in [0, 0.05) is 103 Å². The smallest absolute Gasteiger partial charge is 0.405 e. The Morgan fingerprint density at radius 1 is 0.552 bits per heavy atom. The second kappa shape index (κ2) is 24.7. The second-order valence-corrected chi connectivity index (χ2v) is 27.5. The standard InChI is InChI=1S/C31H30F3N3O5S.C22H25F3N2O3.C9H6ClNO2S/c32-31(33,34)41-26-6-2-1-5-24(26)29-25(30(42-36-29)18-8-9-18)17-40-22-14-19-10-11-20(15-22)28(19)37-43(38,39)27-7-3-4-21-16-35-13-12-23(21)27;23-22(24,25)29-18-4-2-1-3-16(18)20-17(21(30-27-20)12-5-6-12)11-28-15-9-13-7-8-14(10-15)19(13)26;10-14(12,13)9-3-1-2-7-6-11-5-4-8(7)9/h1-7,12-13,16,18-20,22,28,37H,8-11,14-15,17H2;1-4,12-15,19H,5-11,26H2;1-6H. The van der Waals surface area contributed by atoms with Crippen LogP contribution in [-0.2, 0) is 41.8 Å². The van der Waals surface area contributed by atoms with Gasteiger partial charge in [-0.15, -0.1) is 26.3 Å². The number of alkyl halides is 6. The van der Waals surface area contributed by atoms with Gasteiger partial charge in [0.25, 0.3) is 9.05 Å². The zero-order valence-electron chi connectivity index (χ0n) is 46.6. The molecular formula is C62H61ClF6N6O10S2. The molecule has 4 unspecified atom stereocenters. The minimum Gasteiger partial charge on any atom is -0.405 e. The number of aromatic nitrogens is 4. The number of pyridine rings is 2. The molecule has 4 aromatic heterocycles. The summed E-state index contributed by atoms with van der Waals surface area (Å²) in [6, 6.07) is 25.4. The van der Waals surface area contributed by atoms with Gasteiger partial charge in [-0.1, -0.05) is 58.8 Å². The first-order valence-corrected chi connectivity index (χ1v) is 32.7. The maximum absolute atomic E-state index is 13.5. The Balaban J connectivity index is 0.000000144. The van der Waals surface area contributed by atoms with Gasteiger partial charge in [0.05, 0.1) is 35.2 Å². The third-order valence-electron chi connectivity index (χ3n) is 17.5. The molecule has 0 aliphatic heterocycles. The van der Waals surface area contributed by atoms with Crippen LogP contribution < -0.4 is 19.9 Å². The Labute approximate surface area is 501 Å². The first kappa shape index (κ1) is 60.6. The van der Waals surface area contributed by atoms with Crippen molar-refractivity contribution in [1.82, 2.24) is 25.0 Å². The number of ether oxygens (including phenoxy) is 4. The van der Waals surface area contributed by atoms with Gasteiger partial charge < -0.3 is 33.7 Å². The number of nitrogens with one attached hydrogen (secondary N) is 1. The third kappa shape index (κ3) is 14.0. The Morgan fingerprint density at radius 2 is 0.977 bits per heavy atom. The van der Waals surface area contributed by atoms with Crippen molar-refractivity contribution in [1.29, 1.82) is 0 Å². The van der Waals surface area contributed by atoms with Gasteiger partial charge in [0.1, 0.15) is 34.4 Å². The van der Waals surface area contributed by atoms with Crippen molar-refractivity contribution >= 4 is 51.3 Å². The summed E-state index contributed by atoms with van der Waals surface area (Å²) in [6.07, 6.45) is 7.87. The monoisotopic (exact) mass is 1260 g/mol. The summed E-state index contributed by atoms with van der Waals surface area (Å²) in [5.41, 5.74) is 8.77. The molecule has 87 heavy (non-hydrogen) atoms. The van der Waals surface area contributed by atoms with Crippen LogP contribution in [0.5, 0.6) is 11.5 Å². The first-order chi connectivity index (χ1) is 41.6. The summed E-state index contributed by atoms with van der Waals surface area (Å²) in [5, 5.41) is 11.0. The number of benzene rings is 4. The van der Waals surface area contributed by atoms with Gasteiger partial charge >= 0.3 is 12.7 Å². The van der Waals surface area contributed by atoms with Crippen molar-refractivity contribution in [2.75, 3.05) is 0 Å². The average Bonchev–Trinajstić information content (AvgIpc) is 2.53. The first-order valence-electron chi connectivity index (χ1n) is 28.9. The number of hydrogen-bond donors (Lipinski definition) is 2. The molecule has 460 valence electrons. The zero-order chi connectivity index (χ0) is 60.8. The summed E-state index contributed by atoms with van der Waals surface area (Å²) in [7, 11) is -2.17. The van der Waals surface area contributed by atoms with E-state index in [4.69, 9.17) is 34.9 Å². The van der Waals surface area contributed by atoms with Crippen LogP contribution in [0.25, 0.3) is 44.1 Å². The molecule has 6 fully saturated rings. The van der Waals surface area contributed by atoms with E-state index >= 15 is 0 Å². The predicted molar refractivity (Wildman–Crippen MR) is 308 cm³/mol. The largest absolute Gasteiger partial charge is 0.573 e. The van der Waals surface area contributed by atoms with Crippen molar-refractivity contribution in [3.8, 4) is 34.0 Å². The lowest BCUT2D eigenvalue weighted by Gasteiger charge is -2.35. The van der Waals surface area contributed by atoms with Crippen LogP contribution in [0.1, 0.15) is 112 Å². The van der Waals surface area contributed by atoms with E-state index in [0.29, 0.717) is 52.5 Å². The van der Waals surface area contributed by atoms with Crippen molar-refractivity contribution in [2.24, 2.45) is 29.4 Å². The number of nitrogens with zero attached hydrogens (tertiary/aromatic N) is 4. The lowest BCUT2D eigenvalue weighted by Crippen LogP contribution is -2.46. The van der Waals surface area contributed by atoms with E-state index in [2.05, 4.69) is 34.5 Å². The molecule has 4 atom stereocenters. The molecule has 0 radical (unpaired) electrons. The van der Waals surface area contributed by atoms with Crippen molar-refractivity contribution in [3.63, 3.8) is 0 Å². The highest BCUT2D eigenvalue weighted by Gasteiger charge is 2.46. The normalized spacial score (nSPS) is 23.6. The highest BCUT2D eigenvalue weighted by Crippen LogP contribution is 2.50. The summed E-state index contributed by atoms with van der Waals surface area (Å²) in [4.78, 5) is 8.36. The molecule has 4 aromatic carbocycles. The topological polar surface area (TPSA) is 221 Å². The van der Waals surface area contributed by atoms with Gasteiger partial charge in [0.15, 0.2) is 0 Å². The highest BCUT2D eigenvalue weighted by molar-refractivity contribution is 8.14. The Morgan fingerprint density at radius 3 is 1.43 bits per heavy atom. The number of halogens is 7. The zero-order valence-corrected chi connectivity index (χ0v) is 49.0. The summed E-state index contributed by atoms with van der Waals surface area (Å²) in [6.45, 7) is 0.403. The number of para-hydroxylation sites is 2. The second-order valence-electron chi connectivity index (χ2n) is 23.3. The molecule has 16 nitrogen and oxygen atoms in total. The number of hydrogen-bond acceptors (Lipinski definition) is 15. The van der Waals surface area contributed by atoms with Gasteiger partial charge in [-0.3, -0.25) is 9.97 Å².